The molecule has 1 amide bonds. The molecule has 40 heavy (non-hydrogen) atoms. The van der Waals surface area contributed by atoms with Crippen molar-refractivity contribution in [2.45, 2.75) is 31.6 Å². The monoisotopic (exact) mass is 604 g/mol. The molecule has 2 aromatic carbocycles. The topological polar surface area (TPSA) is 131 Å². The van der Waals surface area contributed by atoms with E-state index < -0.39 is 10.0 Å². The Hall–Kier alpha value is -3.26. The van der Waals surface area contributed by atoms with Crippen LogP contribution in [0.15, 0.2) is 47.4 Å². The molecule has 0 radical (unpaired) electrons. The molecular weight excluding hydrogens is 572 g/mol. The van der Waals surface area contributed by atoms with E-state index in [0.717, 1.165) is 27.6 Å². The summed E-state index contributed by atoms with van der Waals surface area (Å²) in [6.45, 7) is 6.85. The molecule has 3 rings (SSSR count). The summed E-state index contributed by atoms with van der Waals surface area (Å²) in [7, 11) is -2.35. The first-order chi connectivity index (χ1) is 18.8. The van der Waals surface area contributed by atoms with E-state index >= 15 is 0 Å². The standard InChI is InChI=1S/C27H32N6O4S2.ClH/c1-4-31(5-2)18-19-33(27-30-24-20-22(37-3)10-13-25(24)38-27)26(34)21-8-11-23(12-9-21)39(35,36)32(16-6-14-28)17-7-15-29;/h8-13,20H,4-7,16-19H2,1-3H3;1H. The molecule has 10 nitrogen and oxygen atoms in total. The van der Waals surface area contributed by atoms with Crippen LogP contribution in [-0.2, 0) is 10.0 Å². The van der Waals surface area contributed by atoms with E-state index in [-0.39, 0.29) is 49.1 Å². The van der Waals surface area contributed by atoms with Gasteiger partial charge in [-0.1, -0.05) is 25.2 Å². The van der Waals surface area contributed by atoms with E-state index in [1.54, 1.807) is 12.0 Å². The lowest BCUT2D eigenvalue weighted by Gasteiger charge is -2.25. The van der Waals surface area contributed by atoms with Gasteiger partial charge in [0, 0.05) is 50.7 Å². The van der Waals surface area contributed by atoms with Crippen molar-refractivity contribution < 1.29 is 17.9 Å². The van der Waals surface area contributed by atoms with E-state index in [2.05, 4.69) is 18.7 Å². The Bertz CT molecular complexity index is 1440. The SMILES string of the molecule is CCN(CC)CCN(C(=O)c1ccc(S(=O)(=O)N(CCC#N)CCC#N)cc1)c1nc2cc(OC)ccc2s1.Cl. The molecule has 0 saturated heterocycles. The number of likely N-dealkylation sites (N-methyl/N-ethyl adjacent to an activating group) is 1. The van der Waals surface area contributed by atoms with Gasteiger partial charge in [0.25, 0.3) is 5.91 Å². The highest BCUT2D eigenvalue weighted by Gasteiger charge is 2.26. The summed E-state index contributed by atoms with van der Waals surface area (Å²) in [4.78, 5) is 22.3. The minimum atomic E-state index is -3.94. The van der Waals surface area contributed by atoms with Gasteiger partial charge in [-0.05, 0) is 49.5 Å². The third-order valence-corrected chi connectivity index (χ3v) is 9.25. The van der Waals surface area contributed by atoms with Crippen molar-refractivity contribution in [1.82, 2.24) is 14.2 Å². The number of ether oxygens (including phenoxy) is 1. The molecule has 0 bridgehead atoms. The summed E-state index contributed by atoms with van der Waals surface area (Å²) >= 11 is 1.41. The fourth-order valence-electron chi connectivity index (χ4n) is 3.98. The number of nitriles is 2. The molecule has 1 aromatic heterocycles. The molecule has 13 heteroatoms. The average Bonchev–Trinajstić information content (AvgIpc) is 3.38. The molecule has 0 atom stereocenters. The van der Waals surface area contributed by atoms with Gasteiger partial charge in [-0.3, -0.25) is 9.69 Å². The van der Waals surface area contributed by atoms with Gasteiger partial charge in [-0.2, -0.15) is 14.8 Å². The number of rotatable bonds is 14. The summed E-state index contributed by atoms with van der Waals surface area (Å²) < 4.78 is 33.7. The quantitative estimate of drug-likeness (QED) is 0.262. The molecule has 0 aliphatic rings. The van der Waals surface area contributed by atoms with Crippen LogP contribution in [0.25, 0.3) is 10.2 Å². The van der Waals surface area contributed by atoms with E-state index in [9.17, 15) is 13.2 Å². The Labute approximate surface area is 245 Å². The zero-order valence-electron chi connectivity index (χ0n) is 22.7. The van der Waals surface area contributed by atoms with Crippen molar-refractivity contribution in [3.63, 3.8) is 0 Å². The van der Waals surface area contributed by atoms with Gasteiger partial charge >= 0.3 is 0 Å². The number of sulfonamides is 1. The van der Waals surface area contributed by atoms with Crippen LogP contribution in [0.5, 0.6) is 5.75 Å². The third-order valence-electron chi connectivity index (χ3n) is 6.28. The number of aromatic nitrogens is 1. The fraction of sp³-hybridized carbons (Fsp3) is 0.407. The highest BCUT2D eigenvalue weighted by Crippen LogP contribution is 2.32. The van der Waals surface area contributed by atoms with Crippen LogP contribution in [0.4, 0.5) is 5.13 Å². The van der Waals surface area contributed by atoms with E-state index in [4.69, 9.17) is 20.2 Å². The molecule has 0 fully saturated rings. The number of thiazole rings is 1. The number of hydrogen-bond donors (Lipinski definition) is 0. The minimum Gasteiger partial charge on any atom is -0.497 e. The number of halogens is 1. The van der Waals surface area contributed by atoms with Crippen molar-refractivity contribution in [1.29, 1.82) is 10.5 Å². The number of anilines is 1. The Morgan fingerprint density at radius 2 is 1.60 bits per heavy atom. The summed E-state index contributed by atoms with van der Waals surface area (Å²) in [6.07, 6.45) is 0.0214. The predicted octanol–water partition coefficient (Wildman–Crippen LogP) is 4.53. The maximum absolute atomic E-state index is 13.7. The number of methoxy groups -OCH3 is 1. The van der Waals surface area contributed by atoms with Gasteiger partial charge < -0.3 is 9.64 Å². The molecule has 3 aromatic rings. The zero-order valence-corrected chi connectivity index (χ0v) is 25.2. The Morgan fingerprint density at radius 3 is 2.15 bits per heavy atom. The zero-order chi connectivity index (χ0) is 28.4. The highest BCUT2D eigenvalue weighted by atomic mass is 35.5. The molecule has 1 heterocycles. The lowest BCUT2D eigenvalue weighted by atomic mass is 10.2. The van der Waals surface area contributed by atoms with E-state index in [1.165, 1.54) is 35.6 Å². The molecule has 0 N–H and O–H groups in total. The molecule has 214 valence electrons. The van der Waals surface area contributed by atoms with Crippen LogP contribution < -0.4 is 9.64 Å². The van der Waals surface area contributed by atoms with Gasteiger partial charge in [0.05, 0.1) is 34.4 Å². The molecule has 0 saturated carbocycles. The molecule has 0 aliphatic heterocycles. The van der Waals surface area contributed by atoms with Crippen LogP contribution in [0.1, 0.15) is 37.0 Å². The predicted molar refractivity (Wildman–Crippen MR) is 159 cm³/mol. The maximum atomic E-state index is 13.7. The summed E-state index contributed by atoms with van der Waals surface area (Å²) in [5, 5.41) is 18.4. The second-order valence-electron chi connectivity index (χ2n) is 8.56. The Morgan fingerprint density at radius 1 is 0.975 bits per heavy atom. The van der Waals surface area contributed by atoms with Crippen LogP contribution >= 0.6 is 23.7 Å². The summed E-state index contributed by atoms with van der Waals surface area (Å²) in [5.41, 5.74) is 1.05. The van der Waals surface area contributed by atoms with Gasteiger partial charge in [-0.15, -0.1) is 12.4 Å². The van der Waals surface area contributed by atoms with E-state index in [0.29, 0.717) is 29.5 Å². The largest absolute Gasteiger partial charge is 0.497 e. The number of nitrogens with zero attached hydrogens (tertiary/aromatic N) is 6. The number of amides is 1. The number of carbonyl (C=O) groups excluding carboxylic acids is 1. The van der Waals surface area contributed by atoms with Crippen LogP contribution in [0.3, 0.4) is 0 Å². The highest BCUT2D eigenvalue weighted by molar-refractivity contribution is 7.89. The second kappa shape index (κ2) is 15.5. The number of benzene rings is 2. The van der Waals surface area contributed by atoms with Crippen molar-refractivity contribution >= 4 is 55.0 Å². The second-order valence-corrected chi connectivity index (χ2v) is 11.5. The number of carbonyl (C=O) groups is 1. The molecule has 0 aliphatic carbocycles. The molecule has 0 spiro atoms. The first-order valence-electron chi connectivity index (χ1n) is 12.6. The average molecular weight is 605 g/mol. The van der Waals surface area contributed by atoms with Gasteiger partial charge in [0.2, 0.25) is 10.0 Å². The minimum absolute atomic E-state index is 0. The Balaban J connectivity index is 0.00000560. The molecule has 0 unspecified atom stereocenters. The fourth-order valence-corrected chi connectivity index (χ4v) is 6.39. The van der Waals surface area contributed by atoms with Gasteiger partial charge in [0.15, 0.2) is 5.13 Å². The summed E-state index contributed by atoms with van der Waals surface area (Å²) in [5.74, 6) is 0.388. The lowest BCUT2D eigenvalue weighted by molar-refractivity contribution is 0.0983. The first kappa shape index (κ1) is 32.9. The van der Waals surface area contributed by atoms with Crippen molar-refractivity contribution in [3.05, 3.63) is 48.0 Å². The van der Waals surface area contributed by atoms with Crippen molar-refractivity contribution in [3.8, 4) is 17.9 Å². The normalized spacial score (nSPS) is 11.2. The lowest BCUT2D eigenvalue weighted by Crippen LogP contribution is -2.39. The van der Waals surface area contributed by atoms with E-state index in [1.807, 2.05) is 30.3 Å². The third kappa shape index (κ3) is 7.90. The number of fused-ring (bicyclic) bond motifs is 1. The van der Waals surface area contributed by atoms with Crippen molar-refractivity contribution in [2.24, 2.45) is 0 Å². The summed E-state index contributed by atoms with van der Waals surface area (Å²) in [6, 6.07) is 15.2. The maximum Gasteiger partial charge on any atom is 0.260 e. The van der Waals surface area contributed by atoms with Crippen LogP contribution in [0, 0.1) is 22.7 Å². The van der Waals surface area contributed by atoms with Crippen LogP contribution in [0.2, 0.25) is 0 Å². The molecular formula is C27H33ClN6O4S2. The van der Waals surface area contributed by atoms with Crippen molar-refractivity contribution in [2.75, 3.05) is 51.3 Å². The van der Waals surface area contributed by atoms with Crippen LogP contribution in [-0.4, -0.2) is 74.9 Å². The van der Waals surface area contributed by atoms with Gasteiger partial charge in [0.1, 0.15) is 5.75 Å². The number of hydrogen-bond acceptors (Lipinski definition) is 9. The first-order valence-corrected chi connectivity index (χ1v) is 14.9. The smallest absolute Gasteiger partial charge is 0.260 e. The Kier molecular flexibility index (Phi) is 12.8. The van der Waals surface area contributed by atoms with Gasteiger partial charge in [-0.25, -0.2) is 13.4 Å².